The van der Waals surface area contributed by atoms with E-state index in [0.717, 1.165) is 31.6 Å². The molecule has 116 valence electrons. The highest BCUT2D eigenvalue weighted by atomic mass is 16.2. The molecule has 1 aliphatic rings. The molecule has 1 aliphatic heterocycles. The first-order chi connectivity index (χ1) is 9.72. The molecule has 2 rings (SSSR count). The van der Waals surface area contributed by atoms with Crippen molar-refractivity contribution >= 4 is 5.91 Å². The van der Waals surface area contributed by atoms with E-state index < -0.39 is 0 Å². The van der Waals surface area contributed by atoms with Crippen molar-refractivity contribution in [1.29, 1.82) is 0 Å². The molecule has 1 N–H and O–H groups in total. The van der Waals surface area contributed by atoms with Gasteiger partial charge in [0.2, 0.25) is 0 Å². The van der Waals surface area contributed by atoms with E-state index in [4.69, 9.17) is 0 Å². The highest BCUT2D eigenvalue weighted by Gasteiger charge is 2.32. The number of rotatable bonds is 1. The second-order valence-corrected chi connectivity index (χ2v) is 7.63. The van der Waals surface area contributed by atoms with Crippen LogP contribution in [-0.4, -0.2) is 36.0 Å². The summed E-state index contributed by atoms with van der Waals surface area (Å²) in [5.41, 5.74) is 2.03. The van der Waals surface area contributed by atoms with Gasteiger partial charge in [-0.2, -0.15) is 0 Å². The van der Waals surface area contributed by atoms with Crippen LogP contribution < -0.4 is 5.32 Å². The summed E-state index contributed by atoms with van der Waals surface area (Å²) in [6.45, 7) is 13.5. The van der Waals surface area contributed by atoms with Gasteiger partial charge in [-0.1, -0.05) is 32.9 Å². The Bertz CT molecular complexity index is 497. The third kappa shape index (κ3) is 3.65. The Hall–Kier alpha value is -1.35. The lowest BCUT2D eigenvalue weighted by molar-refractivity contribution is 0.0578. The van der Waals surface area contributed by atoms with Crippen molar-refractivity contribution in [3.63, 3.8) is 0 Å². The third-order valence-corrected chi connectivity index (χ3v) is 4.27. The van der Waals surface area contributed by atoms with E-state index in [1.165, 1.54) is 5.56 Å². The number of amides is 1. The molecule has 1 aromatic rings. The van der Waals surface area contributed by atoms with Crippen molar-refractivity contribution in [3.8, 4) is 0 Å². The zero-order valence-corrected chi connectivity index (χ0v) is 14.0. The summed E-state index contributed by atoms with van der Waals surface area (Å²) >= 11 is 0. The van der Waals surface area contributed by atoms with Crippen LogP contribution in [-0.2, 0) is 5.41 Å². The van der Waals surface area contributed by atoms with Gasteiger partial charge in [-0.15, -0.1) is 0 Å². The van der Waals surface area contributed by atoms with Crippen molar-refractivity contribution in [2.45, 2.75) is 52.0 Å². The minimum Gasteiger partial charge on any atom is -0.332 e. The van der Waals surface area contributed by atoms with Gasteiger partial charge in [0.15, 0.2) is 0 Å². The molecule has 1 fully saturated rings. The van der Waals surface area contributed by atoms with E-state index in [9.17, 15) is 4.79 Å². The largest absolute Gasteiger partial charge is 0.332 e. The molecule has 0 unspecified atom stereocenters. The standard InChI is InChI=1S/C18H28N2O/c1-17(2,3)15-9-7-14(8-10-15)16(21)20-12-6-11-19-13-18(20,4)5/h7-10,19H,6,11-13H2,1-5H3. The van der Waals surface area contributed by atoms with Gasteiger partial charge in [0.05, 0.1) is 0 Å². The summed E-state index contributed by atoms with van der Waals surface area (Å²) in [5.74, 6) is 0.143. The van der Waals surface area contributed by atoms with Crippen LogP contribution in [0.2, 0.25) is 0 Å². The molecule has 0 bridgehead atoms. The molecule has 0 atom stereocenters. The Morgan fingerprint density at radius 1 is 1.19 bits per heavy atom. The van der Waals surface area contributed by atoms with E-state index in [0.29, 0.717) is 0 Å². The van der Waals surface area contributed by atoms with Gasteiger partial charge in [-0.05, 0) is 49.9 Å². The fraction of sp³-hybridized carbons (Fsp3) is 0.611. The van der Waals surface area contributed by atoms with Crippen molar-refractivity contribution in [2.24, 2.45) is 0 Å². The van der Waals surface area contributed by atoms with E-state index in [-0.39, 0.29) is 16.9 Å². The average Bonchev–Trinajstić information content (AvgIpc) is 2.58. The van der Waals surface area contributed by atoms with Crippen LogP contribution in [0.15, 0.2) is 24.3 Å². The Kier molecular flexibility index (Phi) is 4.43. The molecular formula is C18H28N2O. The molecule has 3 heteroatoms. The maximum absolute atomic E-state index is 12.8. The van der Waals surface area contributed by atoms with Gasteiger partial charge in [0, 0.05) is 24.2 Å². The van der Waals surface area contributed by atoms with Crippen LogP contribution in [0.25, 0.3) is 0 Å². The van der Waals surface area contributed by atoms with Gasteiger partial charge in [-0.25, -0.2) is 0 Å². The molecule has 0 spiro atoms. The van der Waals surface area contributed by atoms with E-state index in [1.807, 2.05) is 17.0 Å². The Morgan fingerprint density at radius 2 is 1.81 bits per heavy atom. The number of carbonyl (C=O) groups is 1. The predicted octanol–water partition coefficient (Wildman–Crippen LogP) is 3.20. The fourth-order valence-electron chi connectivity index (χ4n) is 2.80. The normalized spacial score (nSPS) is 19.2. The molecule has 1 aromatic carbocycles. The zero-order valence-electron chi connectivity index (χ0n) is 14.0. The van der Waals surface area contributed by atoms with E-state index in [2.05, 4.69) is 52.1 Å². The maximum atomic E-state index is 12.8. The van der Waals surface area contributed by atoms with Crippen LogP contribution >= 0.6 is 0 Å². The SMILES string of the molecule is CC(C)(C)c1ccc(C(=O)N2CCCNCC2(C)C)cc1. The minimum atomic E-state index is -0.143. The van der Waals surface area contributed by atoms with Gasteiger partial charge in [-0.3, -0.25) is 4.79 Å². The summed E-state index contributed by atoms with van der Waals surface area (Å²) in [6, 6.07) is 8.10. The van der Waals surface area contributed by atoms with E-state index >= 15 is 0 Å². The van der Waals surface area contributed by atoms with Crippen molar-refractivity contribution in [1.82, 2.24) is 10.2 Å². The Balaban J connectivity index is 2.22. The second-order valence-electron chi connectivity index (χ2n) is 7.63. The second kappa shape index (κ2) is 5.80. The maximum Gasteiger partial charge on any atom is 0.254 e. The zero-order chi connectivity index (χ0) is 15.7. The summed E-state index contributed by atoms with van der Waals surface area (Å²) in [6.07, 6.45) is 1.01. The average molecular weight is 288 g/mol. The Labute approximate surface area is 128 Å². The predicted molar refractivity (Wildman–Crippen MR) is 87.7 cm³/mol. The van der Waals surface area contributed by atoms with Crippen molar-refractivity contribution < 1.29 is 4.79 Å². The molecule has 0 aliphatic carbocycles. The third-order valence-electron chi connectivity index (χ3n) is 4.27. The molecule has 0 saturated carbocycles. The smallest absolute Gasteiger partial charge is 0.254 e. The van der Waals surface area contributed by atoms with Gasteiger partial charge >= 0.3 is 0 Å². The topological polar surface area (TPSA) is 32.3 Å². The monoisotopic (exact) mass is 288 g/mol. The van der Waals surface area contributed by atoms with Crippen LogP contribution in [0.1, 0.15) is 57.0 Å². The quantitative estimate of drug-likeness (QED) is 0.860. The molecule has 21 heavy (non-hydrogen) atoms. The fourth-order valence-corrected chi connectivity index (χ4v) is 2.80. The van der Waals surface area contributed by atoms with Gasteiger partial charge < -0.3 is 10.2 Å². The summed E-state index contributed by atoms with van der Waals surface area (Å²) < 4.78 is 0. The number of nitrogens with zero attached hydrogens (tertiary/aromatic N) is 1. The molecule has 1 heterocycles. The number of hydrogen-bond donors (Lipinski definition) is 1. The Morgan fingerprint density at radius 3 is 2.38 bits per heavy atom. The molecule has 1 amide bonds. The lowest BCUT2D eigenvalue weighted by Crippen LogP contribution is -2.51. The van der Waals surface area contributed by atoms with Crippen molar-refractivity contribution in [3.05, 3.63) is 35.4 Å². The van der Waals surface area contributed by atoms with Crippen LogP contribution in [0, 0.1) is 0 Å². The van der Waals surface area contributed by atoms with Crippen LogP contribution in [0.5, 0.6) is 0 Å². The summed E-state index contributed by atoms with van der Waals surface area (Å²) in [5, 5.41) is 3.41. The summed E-state index contributed by atoms with van der Waals surface area (Å²) in [4.78, 5) is 14.8. The number of benzene rings is 1. The number of hydrogen-bond acceptors (Lipinski definition) is 2. The highest BCUT2D eigenvalue weighted by molar-refractivity contribution is 5.94. The lowest BCUT2D eigenvalue weighted by atomic mass is 9.86. The first-order valence-electron chi connectivity index (χ1n) is 7.85. The first-order valence-corrected chi connectivity index (χ1v) is 7.85. The number of carbonyl (C=O) groups excluding carboxylic acids is 1. The van der Waals surface area contributed by atoms with Gasteiger partial charge in [0.1, 0.15) is 0 Å². The molecule has 1 saturated heterocycles. The molecule has 0 aromatic heterocycles. The van der Waals surface area contributed by atoms with Crippen LogP contribution in [0.3, 0.4) is 0 Å². The van der Waals surface area contributed by atoms with Gasteiger partial charge in [0.25, 0.3) is 5.91 Å². The highest BCUT2D eigenvalue weighted by Crippen LogP contribution is 2.24. The van der Waals surface area contributed by atoms with Crippen LogP contribution in [0.4, 0.5) is 0 Å². The van der Waals surface area contributed by atoms with E-state index in [1.54, 1.807) is 0 Å². The first kappa shape index (κ1) is 16.0. The molecule has 3 nitrogen and oxygen atoms in total. The number of nitrogens with one attached hydrogen (secondary N) is 1. The lowest BCUT2D eigenvalue weighted by Gasteiger charge is -2.37. The molecule has 0 radical (unpaired) electrons. The molecular weight excluding hydrogens is 260 g/mol. The minimum absolute atomic E-state index is 0.118. The van der Waals surface area contributed by atoms with Crippen molar-refractivity contribution in [2.75, 3.05) is 19.6 Å². The summed E-state index contributed by atoms with van der Waals surface area (Å²) in [7, 11) is 0.